The summed E-state index contributed by atoms with van der Waals surface area (Å²) in [4.78, 5) is 27.7. The minimum atomic E-state index is -0.186. The summed E-state index contributed by atoms with van der Waals surface area (Å²) in [5, 5.41) is 0. The fourth-order valence-electron chi connectivity index (χ4n) is 2.18. The molecule has 1 aliphatic rings. The Kier molecular flexibility index (Phi) is 3.97. The fourth-order valence-corrected chi connectivity index (χ4v) is 2.18. The molecule has 96 valence electrons. The van der Waals surface area contributed by atoms with Crippen molar-refractivity contribution in [3.05, 3.63) is 46.4 Å². The highest BCUT2D eigenvalue weighted by Crippen LogP contribution is 2.18. The Bertz CT molecular complexity index is 484. The molecule has 0 radical (unpaired) electrons. The zero-order valence-corrected chi connectivity index (χ0v) is 10.6. The molecule has 4 nitrogen and oxygen atoms in total. The highest BCUT2D eigenvalue weighted by atomic mass is 16.2. The number of carbonyl (C=O) groups excluding carboxylic acids is 1. The minimum Gasteiger partial charge on any atom is -0.328 e. The number of pyridine rings is 1. The summed E-state index contributed by atoms with van der Waals surface area (Å²) in [6.07, 6.45) is 8.86. The van der Waals surface area contributed by atoms with Crippen molar-refractivity contribution >= 4 is 5.91 Å². The van der Waals surface area contributed by atoms with Crippen LogP contribution in [0, 0.1) is 0 Å². The lowest BCUT2D eigenvalue weighted by Gasteiger charge is -2.24. The van der Waals surface area contributed by atoms with Crippen LogP contribution < -0.4 is 5.56 Å². The normalized spacial score (nSPS) is 18.3. The molecule has 18 heavy (non-hydrogen) atoms. The first-order chi connectivity index (χ1) is 8.72. The average molecular weight is 246 g/mol. The van der Waals surface area contributed by atoms with Gasteiger partial charge in [-0.25, -0.2) is 0 Å². The number of hydrogen-bond donors (Lipinski definition) is 1. The number of amides is 1. The third-order valence-corrected chi connectivity index (χ3v) is 3.21. The van der Waals surface area contributed by atoms with Gasteiger partial charge in [0.1, 0.15) is 0 Å². The predicted molar refractivity (Wildman–Crippen MR) is 70.6 cm³/mol. The van der Waals surface area contributed by atoms with Gasteiger partial charge in [-0.2, -0.15) is 0 Å². The van der Waals surface area contributed by atoms with Crippen LogP contribution in [0.2, 0.25) is 0 Å². The third-order valence-electron chi connectivity index (χ3n) is 3.21. The number of carbonyl (C=O) groups is 1. The van der Waals surface area contributed by atoms with Crippen molar-refractivity contribution in [2.24, 2.45) is 0 Å². The first-order valence-corrected chi connectivity index (χ1v) is 6.38. The smallest absolute Gasteiger partial charge is 0.256 e. The maximum absolute atomic E-state index is 12.3. The molecule has 0 aromatic carbocycles. The quantitative estimate of drug-likeness (QED) is 0.825. The van der Waals surface area contributed by atoms with Gasteiger partial charge in [-0.1, -0.05) is 31.9 Å². The zero-order chi connectivity index (χ0) is 13.0. The molecule has 2 heterocycles. The maximum Gasteiger partial charge on any atom is 0.256 e. The summed E-state index contributed by atoms with van der Waals surface area (Å²) in [5.74, 6) is -0.0163. The van der Waals surface area contributed by atoms with Crippen LogP contribution in [0.3, 0.4) is 0 Å². The Hall–Kier alpha value is -1.84. The Morgan fingerprint density at radius 1 is 1.50 bits per heavy atom. The van der Waals surface area contributed by atoms with E-state index in [1.54, 1.807) is 6.07 Å². The van der Waals surface area contributed by atoms with Gasteiger partial charge in [0, 0.05) is 18.8 Å². The topological polar surface area (TPSA) is 53.2 Å². The molecular formula is C14H18N2O2. The molecule has 0 bridgehead atoms. The van der Waals surface area contributed by atoms with Gasteiger partial charge >= 0.3 is 0 Å². The molecule has 0 spiro atoms. The standard InChI is InChI=1S/C14H18N2O2/c1-2-3-5-12-6-4-9-16(12)14(18)11-7-8-13(17)15-10-11/h4,6-8,10,12H,2-3,5,9H2,1H3,(H,15,17)/t12-/m1/s1. The van der Waals surface area contributed by atoms with E-state index in [2.05, 4.69) is 18.0 Å². The SMILES string of the molecule is CCCC[C@@H]1C=CCN1C(=O)c1ccc(=O)[nH]c1. The van der Waals surface area contributed by atoms with E-state index < -0.39 is 0 Å². The summed E-state index contributed by atoms with van der Waals surface area (Å²) in [7, 11) is 0. The third kappa shape index (κ3) is 2.70. The van der Waals surface area contributed by atoms with Crippen molar-refractivity contribution in [1.29, 1.82) is 0 Å². The summed E-state index contributed by atoms with van der Waals surface area (Å²) < 4.78 is 0. The minimum absolute atomic E-state index is 0.0163. The first-order valence-electron chi connectivity index (χ1n) is 6.38. The molecule has 1 aliphatic heterocycles. The number of nitrogens with zero attached hydrogens (tertiary/aromatic N) is 1. The lowest BCUT2D eigenvalue weighted by molar-refractivity contribution is 0.0743. The number of H-pyrrole nitrogens is 1. The van der Waals surface area contributed by atoms with E-state index in [1.165, 1.54) is 12.3 Å². The summed E-state index contributed by atoms with van der Waals surface area (Å²) in [6, 6.07) is 3.16. The van der Waals surface area contributed by atoms with Crippen LogP contribution in [0.15, 0.2) is 35.3 Å². The van der Waals surface area contributed by atoms with E-state index >= 15 is 0 Å². The summed E-state index contributed by atoms with van der Waals surface area (Å²) >= 11 is 0. The number of aromatic nitrogens is 1. The van der Waals surface area contributed by atoms with Crippen LogP contribution in [0.4, 0.5) is 0 Å². The summed E-state index contributed by atoms with van der Waals surface area (Å²) in [6.45, 7) is 2.80. The molecule has 4 heteroatoms. The van der Waals surface area contributed by atoms with E-state index in [4.69, 9.17) is 0 Å². The molecule has 0 aliphatic carbocycles. The number of nitrogens with one attached hydrogen (secondary N) is 1. The Labute approximate surface area is 106 Å². The number of rotatable bonds is 4. The van der Waals surface area contributed by atoms with Crippen molar-refractivity contribution in [2.45, 2.75) is 32.2 Å². The summed E-state index contributed by atoms with van der Waals surface area (Å²) in [5.41, 5.74) is 0.355. The molecule has 1 N–H and O–H groups in total. The highest BCUT2D eigenvalue weighted by Gasteiger charge is 2.24. The molecule has 2 rings (SSSR count). The molecule has 0 unspecified atom stereocenters. The highest BCUT2D eigenvalue weighted by molar-refractivity contribution is 5.94. The fraction of sp³-hybridized carbons (Fsp3) is 0.429. The van der Waals surface area contributed by atoms with Crippen LogP contribution in [-0.4, -0.2) is 28.4 Å². The van der Waals surface area contributed by atoms with Crippen LogP contribution in [0.25, 0.3) is 0 Å². The van der Waals surface area contributed by atoms with E-state index in [0.29, 0.717) is 12.1 Å². The second-order valence-corrected chi connectivity index (χ2v) is 4.54. The second kappa shape index (κ2) is 5.67. The number of aromatic amines is 1. The molecule has 1 aromatic heterocycles. The van der Waals surface area contributed by atoms with Crippen LogP contribution in [0.1, 0.15) is 36.5 Å². The van der Waals surface area contributed by atoms with Crippen molar-refractivity contribution in [1.82, 2.24) is 9.88 Å². The van der Waals surface area contributed by atoms with Gasteiger partial charge in [0.15, 0.2) is 0 Å². The molecule has 0 saturated carbocycles. The van der Waals surface area contributed by atoms with Crippen molar-refractivity contribution in [3.63, 3.8) is 0 Å². The van der Waals surface area contributed by atoms with E-state index in [-0.39, 0.29) is 17.5 Å². The molecule has 0 fully saturated rings. The van der Waals surface area contributed by atoms with E-state index in [0.717, 1.165) is 19.3 Å². The molecular weight excluding hydrogens is 228 g/mol. The van der Waals surface area contributed by atoms with Gasteiger partial charge in [-0.15, -0.1) is 0 Å². The van der Waals surface area contributed by atoms with Gasteiger partial charge in [-0.05, 0) is 12.5 Å². The Morgan fingerprint density at radius 2 is 2.33 bits per heavy atom. The van der Waals surface area contributed by atoms with E-state index in [9.17, 15) is 9.59 Å². The molecule has 1 aromatic rings. The molecule has 1 atom stereocenters. The monoisotopic (exact) mass is 246 g/mol. The average Bonchev–Trinajstić information content (AvgIpc) is 2.84. The Balaban J connectivity index is 2.08. The zero-order valence-electron chi connectivity index (χ0n) is 10.6. The van der Waals surface area contributed by atoms with Gasteiger partial charge in [-0.3, -0.25) is 9.59 Å². The van der Waals surface area contributed by atoms with Crippen molar-refractivity contribution < 1.29 is 4.79 Å². The second-order valence-electron chi connectivity index (χ2n) is 4.54. The van der Waals surface area contributed by atoms with Crippen LogP contribution in [0.5, 0.6) is 0 Å². The van der Waals surface area contributed by atoms with Crippen molar-refractivity contribution in [3.8, 4) is 0 Å². The predicted octanol–water partition coefficient (Wildman–Crippen LogP) is 1.95. The number of unbranched alkanes of at least 4 members (excludes halogenated alkanes) is 1. The maximum atomic E-state index is 12.3. The Morgan fingerprint density at radius 3 is 3.00 bits per heavy atom. The van der Waals surface area contributed by atoms with E-state index in [1.807, 2.05) is 11.0 Å². The largest absolute Gasteiger partial charge is 0.328 e. The van der Waals surface area contributed by atoms with Gasteiger partial charge in [0.2, 0.25) is 5.56 Å². The van der Waals surface area contributed by atoms with Gasteiger partial charge < -0.3 is 9.88 Å². The lowest BCUT2D eigenvalue weighted by Crippen LogP contribution is -2.36. The lowest BCUT2D eigenvalue weighted by atomic mass is 10.1. The van der Waals surface area contributed by atoms with Gasteiger partial charge in [0.05, 0.1) is 11.6 Å². The molecule has 1 amide bonds. The number of hydrogen-bond acceptors (Lipinski definition) is 2. The van der Waals surface area contributed by atoms with Gasteiger partial charge in [0.25, 0.3) is 5.91 Å². The molecule has 0 saturated heterocycles. The van der Waals surface area contributed by atoms with Crippen LogP contribution in [-0.2, 0) is 0 Å². The first kappa shape index (κ1) is 12.6. The van der Waals surface area contributed by atoms with Crippen molar-refractivity contribution in [2.75, 3.05) is 6.54 Å². The van der Waals surface area contributed by atoms with Crippen LogP contribution >= 0.6 is 0 Å².